The Balaban J connectivity index is 1.99. The molecule has 0 fully saturated rings. The fraction of sp³-hybridized carbons (Fsp3) is 0.286. The second kappa shape index (κ2) is 13.9. The smallest absolute Gasteiger partial charge is 0.243 e. The number of hydrogen-bond acceptors (Lipinski definition) is 2. The number of amides is 2. The number of carbonyl (C=O) groups excluding carboxylic acids is 2. The fourth-order valence-corrected chi connectivity index (χ4v) is 4.77. The average molecular weight is 566 g/mol. The van der Waals surface area contributed by atoms with Crippen molar-refractivity contribution >= 4 is 58.2 Å². The highest BCUT2D eigenvalue weighted by atomic mass is 35.5. The molecule has 0 saturated carbocycles. The molecule has 8 heteroatoms. The molecule has 36 heavy (non-hydrogen) atoms. The van der Waals surface area contributed by atoms with Crippen molar-refractivity contribution in [1.29, 1.82) is 0 Å². The quantitative estimate of drug-likeness (QED) is 0.246. The number of carbonyl (C=O) groups is 2. The zero-order valence-corrected chi connectivity index (χ0v) is 23.0. The molecule has 4 nitrogen and oxygen atoms in total. The Hall–Kier alpha value is -2.24. The number of rotatable bonds is 11. The molecule has 0 unspecified atom stereocenters. The summed E-state index contributed by atoms with van der Waals surface area (Å²) < 4.78 is 0. The number of benzene rings is 3. The molecule has 190 valence electrons. The van der Waals surface area contributed by atoms with Crippen LogP contribution in [-0.4, -0.2) is 29.3 Å². The predicted octanol–water partition coefficient (Wildman–Crippen LogP) is 7.40. The van der Waals surface area contributed by atoms with Gasteiger partial charge in [-0.05, 0) is 47.4 Å². The number of nitrogens with zero attached hydrogens (tertiary/aromatic N) is 1. The van der Waals surface area contributed by atoms with Gasteiger partial charge >= 0.3 is 0 Å². The Bertz CT molecular complexity index is 1190. The minimum absolute atomic E-state index is 0.00867. The van der Waals surface area contributed by atoms with E-state index in [1.54, 1.807) is 41.3 Å². The fourth-order valence-electron chi connectivity index (χ4n) is 3.82. The first-order valence-corrected chi connectivity index (χ1v) is 13.3. The summed E-state index contributed by atoms with van der Waals surface area (Å²) in [6, 6.07) is 19.0. The highest BCUT2D eigenvalue weighted by Gasteiger charge is 2.31. The standard InChI is InChI=1S/C28H28Cl4N2O2/c1-2-3-13-33-28(36)26(14-19-7-5-4-6-8-19)34(18-21-10-12-23(30)17-25(21)32)27(35)15-20-9-11-22(29)16-24(20)31/h4-12,16-17,26H,2-3,13-15,18H2,1H3,(H,33,36)/t26-/m0/s1. The SMILES string of the molecule is CCCCNC(=O)[C@H](Cc1ccccc1)N(Cc1ccc(Cl)cc1Cl)C(=O)Cc1ccc(Cl)cc1Cl. The van der Waals surface area contributed by atoms with Crippen molar-refractivity contribution in [3.63, 3.8) is 0 Å². The minimum Gasteiger partial charge on any atom is -0.354 e. The predicted molar refractivity (Wildman–Crippen MR) is 149 cm³/mol. The van der Waals surface area contributed by atoms with Crippen molar-refractivity contribution in [3.05, 3.63) is 104 Å². The van der Waals surface area contributed by atoms with Crippen LogP contribution in [-0.2, 0) is 29.0 Å². The van der Waals surface area contributed by atoms with E-state index in [9.17, 15) is 9.59 Å². The van der Waals surface area contributed by atoms with E-state index in [1.165, 1.54) is 0 Å². The van der Waals surface area contributed by atoms with Gasteiger partial charge in [-0.2, -0.15) is 0 Å². The van der Waals surface area contributed by atoms with E-state index in [0.29, 0.717) is 44.2 Å². The van der Waals surface area contributed by atoms with Crippen LogP contribution in [0.15, 0.2) is 66.7 Å². The molecule has 2 amide bonds. The van der Waals surface area contributed by atoms with E-state index in [4.69, 9.17) is 46.4 Å². The third kappa shape index (κ3) is 8.14. The van der Waals surface area contributed by atoms with E-state index in [0.717, 1.165) is 18.4 Å². The van der Waals surface area contributed by atoms with Crippen LogP contribution in [0.25, 0.3) is 0 Å². The zero-order chi connectivity index (χ0) is 26.1. The lowest BCUT2D eigenvalue weighted by atomic mass is 10.0. The lowest BCUT2D eigenvalue weighted by Crippen LogP contribution is -2.51. The van der Waals surface area contributed by atoms with Gasteiger partial charge in [0.2, 0.25) is 11.8 Å². The summed E-state index contributed by atoms with van der Waals surface area (Å²) >= 11 is 25.0. The molecule has 3 aromatic rings. The van der Waals surface area contributed by atoms with Gasteiger partial charge in [-0.15, -0.1) is 0 Å². The van der Waals surface area contributed by atoms with Crippen LogP contribution in [0.1, 0.15) is 36.5 Å². The highest BCUT2D eigenvalue weighted by Crippen LogP contribution is 2.26. The van der Waals surface area contributed by atoms with Crippen molar-refractivity contribution in [2.24, 2.45) is 0 Å². The Labute approximate surface area is 232 Å². The van der Waals surface area contributed by atoms with Crippen LogP contribution in [0.2, 0.25) is 20.1 Å². The van der Waals surface area contributed by atoms with Gasteiger partial charge in [-0.3, -0.25) is 9.59 Å². The maximum atomic E-state index is 13.8. The van der Waals surface area contributed by atoms with Gasteiger partial charge in [0.05, 0.1) is 6.42 Å². The van der Waals surface area contributed by atoms with E-state index in [1.807, 2.05) is 30.3 Å². The Morgan fingerprint density at radius 1 is 0.861 bits per heavy atom. The molecule has 1 atom stereocenters. The molecule has 0 aromatic heterocycles. The molecule has 3 aromatic carbocycles. The molecular formula is C28H28Cl4N2O2. The summed E-state index contributed by atoms with van der Waals surface area (Å²) in [5, 5.41) is 4.80. The third-order valence-electron chi connectivity index (χ3n) is 5.81. The summed E-state index contributed by atoms with van der Waals surface area (Å²) in [4.78, 5) is 28.8. The number of hydrogen-bond donors (Lipinski definition) is 1. The monoisotopic (exact) mass is 564 g/mol. The van der Waals surface area contributed by atoms with Gasteiger partial charge in [0.1, 0.15) is 6.04 Å². The van der Waals surface area contributed by atoms with Gasteiger partial charge in [-0.1, -0.05) is 102 Å². The van der Waals surface area contributed by atoms with Crippen LogP contribution in [0.5, 0.6) is 0 Å². The molecule has 0 aliphatic carbocycles. The average Bonchev–Trinajstić information content (AvgIpc) is 2.85. The Morgan fingerprint density at radius 3 is 2.06 bits per heavy atom. The molecule has 3 rings (SSSR count). The molecular weight excluding hydrogens is 538 g/mol. The maximum absolute atomic E-state index is 13.8. The van der Waals surface area contributed by atoms with Gasteiger partial charge in [-0.25, -0.2) is 0 Å². The Kier molecular flexibility index (Phi) is 10.9. The van der Waals surface area contributed by atoms with Crippen LogP contribution in [0.3, 0.4) is 0 Å². The minimum atomic E-state index is -0.755. The van der Waals surface area contributed by atoms with Crippen LogP contribution in [0, 0.1) is 0 Å². The number of halogens is 4. The zero-order valence-electron chi connectivity index (χ0n) is 19.9. The Morgan fingerprint density at radius 2 is 1.47 bits per heavy atom. The van der Waals surface area contributed by atoms with Crippen molar-refractivity contribution in [2.45, 2.75) is 45.2 Å². The van der Waals surface area contributed by atoms with Gasteiger partial charge < -0.3 is 10.2 Å². The summed E-state index contributed by atoms with van der Waals surface area (Å²) in [5.41, 5.74) is 2.26. The number of nitrogens with one attached hydrogen (secondary N) is 1. The topological polar surface area (TPSA) is 49.4 Å². The van der Waals surface area contributed by atoms with E-state index in [2.05, 4.69) is 12.2 Å². The molecule has 0 heterocycles. The lowest BCUT2D eigenvalue weighted by molar-refractivity contribution is -0.140. The first-order valence-electron chi connectivity index (χ1n) is 11.8. The van der Waals surface area contributed by atoms with E-state index in [-0.39, 0.29) is 24.8 Å². The second-order valence-corrected chi connectivity index (χ2v) is 10.2. The highest BCUT2D eigenvalue weighted by molar-refractivity contribution is 6.35. The van der Waals surface area contributed by atoms with E-state index >= 15 is 0 Å². The first kappa shape index (κ1) is 28.3. The van der Waals surface area contributed by atoms with Crippen LogP contribution in [0.4, 0.5) is 0 Å². The first-order chi connectivity index (χ1) is 17.3. The molecule has 0 aliphatic heterocycles. The van der Waals surface area contributed by atoms with E-state index < -0.39 is 6.04 Å². The van der Waals surface area contributed by atoms with Crippen molar-refractivity contribution < 1.29 is 9.59 Å². The summed E-state index contributed by atoms with van der Waals surface area (Å²) in [5.74, 6) is -0.468. The van der Waals surface area contributed by atoms with Crippen LogP contribution >= 0.6 is 46.4 Å². The molecule has 0 spiro atoms. The summed E-state index contributed by atoms with van der Waals surface area (Å²) in [6.45, 7) is 2.73. The summed E-state index contributed by atoms with van der Waals surface area (Å²) in [7, 11) is 0. The summed E-state index contributed by atoms with van der Waals surface area (Å²) in [6.07, 6.45) is 2.15. The molecule has 0 radical (unpaired) electrons. The van der Waals surface area contributed by atoms with Crippen molar-refractivity contribution in [2.75, 3.05) is 6.54 Å². The number of unbranched alkanes of at least 4 members (excludes halogenated alkanes) is 1. The molecule has 0 bridgehead atoms. The van der Waals surface area contributed by atoms with Gasteiger partial charge in [0.15, 0.2) is 0 Å². The normalized spacial score (nSPS) is 11.7. The molecule has 0 saturated heterocycles. The van der Waals surface area contributed by atoms with Gasteiger partial charge in [0.25, 0.3) is 0 Å². The van der Waals surface area contributed by atoms with Crippen molar-refractivity contribution in [1.82, 2.24) is 10.2 Å². The third-order valence-corrected chi connectivity index (χ3v) is 6.99. The largest absolute Gasteiger partial charge is 0.354 e. The molecule has 1 N–H and O–H groups in total. The second-order valence-electron chi connectivity index (χ2n) is 8.52. The maximum Gasteiger partial charge on any atom is 0.243 e. The van der Waals surface area contributed by atoms with Crippen molar-refractivity contribution in [3.8, 4) is 0 Å². The molecule has 0 aliphatic rings. The van der Waals surface area contributed by atoms with Crippen LogP contribution < -0.4 is 5.32 Å². The van der Waals surface area contributed by atoms with Gasteiger partial charge in [0, 0.05) is 39.6 Å². The lowest BCUT2D eigenvalue weighted by Gasteiger charge is -2.32.